The summed E-state index contributed by atoms with van der Waals surface area (Å²) in [6, 6.07) is 14.9. The van der Waals surface area contributed by atoms with Crippen LogP contribution in [0.4, 0.5) is 5.69 Å². The number of amides is 1. The van der Waals surface area contributed by atoms with Gasteiger partial charge >= 0.3 is 0 Å². The molecule has 1 amide bonds. The fourth-order valence-electron chi connectivity index (χ4n) is 3.57. The van der Waals surface area contributed by atoms with Crippen LogP contribution >= 0.6 is 15.9 Å². The van der Waals surface area contributed by atoms with Gasteiger partial charge in [0.25, 0.3) is 15.9 Å². The topological polar surface area (TPSA) is 107 Å². The summed E-state index contributed by atoms with van der Waals surface area (Å²) >= 11 is 3.44. The second-order valence-electron chi connectivity index (χ2n) is 8.43. The highest BCUT2D eigenvalue weighted by Crippen LogP contribution is 2.36. The molecule has 0 aliphatic heterocycles. The van der Waals surface area contributed by atoms with E-state index in [2.05, 4.69) is 33.0 Å². The molecule has 0 fully saturated rings. The number of methoxy groups -OCH3 is 2. The molecule has 0 saturated heterocycles. The fraction of sp³-hybridized carbons (Fsp3) is 0.214. The third-order valence-electron chi connectivity index (χ3n) is 5.50. The zero-order valence-electron chi connectivity index (χ0n) is 22.1. The van der Waals surface area contributed by atoms with Crippen molar-refractivity contribution in [2.75, 3.05) is 31.7 Å². The smallest absolute Gasteiger partial charge is 0.264 e. The Hall–Kier alpha value is -3.83. The lowest BCUT2D eigenvalue weighted by Crippen LogP contribution is -2.39. The molecule has 3 aromatic rings. The van der Waals surface area contributed by atoms with E-state index in [0.29, 0.717) is 33.9 Å². The molecule has 0 bridgehead atoms. The molecule has 0 atom stereocenters. The Labute approximate surface area is 237 Å². The van der Waals surface area contributed by atoms with Crippen molar-refractivity contribution in [3.8, 4) is 17.2 Å². The molecule has 1 N–H and O–H groups in total. The molecule has 0 aromatic heterocycles. The van der Waals surface area contributed by atoms with E-state index < -0.39 is 22.5 Å². The number of nitrogens with zero attached hydrogens (tertiary/aromatic N) is 2. The lowest BCUT2D eigenvalue weighted by molar-refractivity contribution is -0.119. The Morgan fingerprint density at radius 2 is 1.69 bits per heavy atom. The number of anilines is 1. The zero-order valence-corrected chi connectivity index (χ0v) is 24.5. The Balaban J connectivity index is 1.88. The molecule has 3 rings (SSSR count). The highest BCUT2D eigenvalue weighted by atomic mass is 79.9. The van der Waals surface area contributed by atoms with Gasteiger partial charge in [-0.25, -0.2) is 13.8 Å². The van der Waals surface area contributed by atoms with Gasteiger partial charge in [0, 0.05) is 0 Å². The van der Waals surface area contributed by atoms with E-state index in [4.69, 9.17) is 14.2 Å². The molecule has 0 spiro atoms. The SMILES string of the molecule is C=CCOc1c(Br)cc(/C=N\NC(=O)CN(c2cc(C)ccc2OC)S(=O)(=O)c2ccc(C)cc2)cc1OC. The van der Waals surface area contributed by atoms with E-state index in [1.807, 2.05) is 13.8 Å². The second-order valence-corrected chi connectivity index (χ2v) is 11.1. The zero-order chi connectivity index (χ0) is 28.6. The summed E-state index contributed by atoms with van der Waals surface area (Å²) in [5, 5.41) is 4.01. The maximum absolute atomic E-state index is 13.7. The van der Waals surface area contributed by atoms with Crippen LogP contribution < -0.4 is 23.9 Å². The fourth-order valence-corrected chi connectivity index (χ4v) is 5.57. The largest absolute Gasteiger partial charge is 0.495 e. The van der Waals surface area contributed by atoms with Gasteiger partial charge in [0.1, 0.15) is 18.9 Å². The number of aryl methyl sites for hydroxylation is 2. The molecule has 39 heavy (non-hydrogen) atoms. The number of nitrogens with one attached hydrogen (secondary N) is 1. The van der Waals surface area contributed by atoms with Gasteiger partial charge in [-0.2, -0.15) is 5.10 Å². The Kier molecular flexibility index (Phi) is 10.1. The van der Waals surface area contributed by atoms with Crippen LogP contribution in [0.3, 0.4) is 0 Å². The minimum absolute atomic E-state index is 0.0451. The number of carbonyl (C=O) groups is 1. The monoisotopic (exact) mass is 615 g/mol. The lowest BCUT2D eigenvalue weighted by atomic mass is 10.2. The molecule has 0 saturated carbocycles. The van der Waals surface area contributed by atoms with E-state index in [1.165, 1.54) is 32.6 Å². The maximum atomic E-state index is 13.7. The van der Waals surface area contributed by atoms with Gasteiger partial charge in [-0.05, 0) is 77.3 Å². The normalized spacial score (nSPS) is 11.2. The van der Waals surface area contributed by atoms with Crippen molar-refractivity contribution < 1.29 is 27.4 Å². The number of sulfonamides is 1. The van der Waals surface area contributed by atoms with E-state index in [-0.39, 0.29) is 10.6 Å². The van der Waals surface area contributed by atoms with Crippen molar-refractivity contribution >= 4 is 43.8 Å². The van der Waals surface area contributed by atoms with Crippen LogP contribution in [0.5, 0.6) is 17.2 Å². The first-order chi connectivity index (χ1) is 18.6. The molecule has 0 aliphatic rings. The molecular formula is C28H30BrN3O6S. The lowest BCUT2D eigenvalue weighted by Gasteiger charge is -2.25. The second kappa shape index (κ2) is 13.3. The van der Waals surface area contributed by atoms with E-state index in [0.717, 1.165) is 15.4 Å². The third kappa shape index (κ3) is 7.39. The van der Waals surface area contributed by atoms with Crippen LogP contribution in [-0.2, 0) is 14.8 Å². The Bertz CT molecular complexity index is 1470. The number of hydrogen-bond acceptors (Lipinski definition) is 7. The molecule has 11 heteroatoms. The van der Waals surface area contributed by atoms with Crippen molar-refractivity contribution in [1.82, 2.24) is 5.43 Å². The standard InChI is InChI=1S/C28H30BrN3O6S/c1-6-13-38-28-23(29)15-21(16-26(28)37-5)17-30-31-27(33)18-32(24-14-20(3)9-12-25(24)36-4)39(34,35)22-10-7-19(2)8-11-22/h6-12,14-17H,1,13,18H2,2-5H3,(H,31,33)/b30-17-. The summed E-state index contributed by atoms with van der Waals surface area (Å²) in [7, 11) is -1.18. The van der Waals surface area contributed by atoms with Crippen molar-refractivity contribution in [1.29, 1.82) is 0 Å². The molecule has 206 valence electrons. The third-order valence-corrected chi connectivity index (χ3v) is 7.86. The van der Waals surface area contributed by atoms with Gasteiger partial charge in [0.05, 0.1) is 35.5 Å². The van der Waals surface area contributed by atoms with E-state index >= 15 is 0 Å². The Morgan fingerprint density at radius 3 is 2.33 bits per heavy atom. The van der Waals surface area contributed by atoms with Crippen LogP contribution in [-0.4, -0.2) is 47.9 Å². The number of halogens is 1. The van der Waals surface area contributed by atoms with Crippen LogP contribution in [0.2, 0.25) is 0 Å². The quantitative estimate of drug-likeness (QED) is 0.175. The van der Waals surface area contributed by atoms with Gasteiger partial charge in [-0.3, -0.25) is 9.10 Å². The van der Waals surface area contributed by atoms with E-state index in [1.54, 1.807) is 48.5 Å². The van der Waals surface area contributed by atoms with Gasteiger partial charge in [0.15, 0.2) is 11.5 Å². The number of hydrogen-bond donors (Lipinski definition) is 1. The molecular weight excluding hydrogens is 586 g/mol. The highest BCUT2D eigenvalue weighted by molar-refractivity contribution is 9.10. The van der Waals surface area contributed by atoms with Crippen molar-refractivity contribution in [2.45, 2.75) is 18.7 Å². The first-order valence-electron chi connectivity index (χ1n) is 11.8. The average molecular weight is 617 g/mol. The average Bonchev–Trinajstić information content (AvgIpc) is 2.91. The van der Waals surface area contributed by atoms with Gasteiger partial charge in [-0.1, -0.05) is 36.4 Å². The molecule has 9 nitrogen and oxygen atoms in total. The Morgan fingerprint density at radius 1 is 1.03 bits per heavy atom. The van der Waals surface area contributed by atoms with Gasteiger partial charge in [-0.15, -0.1) is 0 Å². The minimum Gasteiger partial charge on any atom is -0.495 e. The summed E-state index contributed by atoms with van der Waals surface area (Å²) < 4.78 is 45.4. The highest BCUT2D eigenvalue weighted by Gasteiger charge is 2.29. The summed E-state index contributed by atoms with van der Waals surface area (Å²) in [6.07, 6.45) is 3.03. The van der Waals surface area contributed by atoms with Crippen molar-refractivity contribution in [3.05, 3.63) is 88.4 Å². The maximum Gasteiger partial charge on any atom is 0.264 e. The van der Waals surface area contributed by atoms with Crippen LogP contribution in [0, 0.1) is 13.8 Å². The first kappa shape index (κ1) is 29.7. The van der Waals surface area contributed by atoms with Gasteiger partial charge in [0.2, 0.25) is 0 Å². The van der Waals surface area contributed by atoms with Crippen LogP contribution in [0.1, 0.15) is 16.7 Å². The predicted molar refractivity (Wildman–Crippen MR) is 156 cm³/mol. The minimum atomic E-state index is -4.12. The molecule has 3 aromatic carbocycles. The summed E-state index contributed by atoms with van der Waals surface area (Å²) in [5.74, 6) is 0.620. The molecule has 0 heterocycles. The van der Waals surface area contributed by atoms with Crippen molar-refractivity contribution in [2.24, 2.45) is 5.10 Å². The van der Waals surface area contributed by atoms with Gasteiger partial charge < -0.3 is 14.2 Å². The molecule has 0 aliphatic carbocycles. The number of hydrazone groups is 1. The summed E-state index contributed by atoms with van der Waals surface area (Å²) in [5.41, 5.74) is 4.95. The number of carbonyl (C=O) groups excluding carboxylic acids is 1. The summed E-state index contributed by atoms with van der Waals surface area (Å²) in [4.78, 5) is 13.0. The predicted octanol–water partition coefficient (Wildman–Crippen LogP) is 4.99. The van der Waals surface area contributed by atoms with E-state index in [9.17, 15) is 13.2 Å². The number of ether oxygens (including phenoxy) is 3. The summed E-state index contributed by atoms with van der Waals surface area (Å²) in [6.45, 7) is 7.08. The molecule has 0 unspecified atom stereocenters. The number of rotatable bonds is 12. The molecule has 0 radical (unpaired) electrons. The van der Waals surface area contributed by atoms with Crippen molar-refractivity contribution in [3.63, 3.8) is 0 Å². The van der Waals surface area contributed by atoms with Crippen LogP contribution in [0.25, 0.3) is 0 Å². The number of benzene rings is 3. The van der Waals surface area contributed by atoms with Crippen LogP contribution in [0.15, 0.2) is 81.7 Å². The first-order valence-corrected chi connectivity index (χ1v) is 14.0.